The minimum Gasteiger partial charge on any atom is -0.497 e. The smallest absolute Gasteiger partial charge is 0.315 e. The molecule has 3 N–H and O–H groups in total. The molecule has 21 heavy (non-hydrogen) atoms. The summed E-state index contributed by atoms with van der Waals surface area (Å²) in [5.41, 5.74) is 0.735. The maximum absolute atomic E-state index is 11.9. The van der Waals surface area contributed by atoms with Crippen LogP contribution in [0.15, 0.2) is 24.3 Å². The zero-order chi connectivity index (χ0) is 15.1. The van der Waals surface area contributed by atoms with Gasteiger partial charge in [-0.25, -0.2) is 4.79 Å². The number of benzene rings is 1. The number of nitrogens with one attached hydrogen (secondary N) is 2. The zero-order valence-corrected chi connectivity index (χ0v) is 12.5. The average Bonchev–Trinajstić information content (AvgIpc) is 2.97. The SMILES string of the molecule is COc1ccc(CCNC(=O)NC2(CO)CCCC2)cc1. The summed E-state index contributed by atoms with van der Waals surface area (Å²) in [5, 5.41) is 15.2. The Kier molecular flexibility index (Phi) is 5.44. The van der Waals surface area contributed by atoms with E-state index in [0.29, 0.717) is 6.54 Å². The quantitative estimate of drug-likeness (QED) is 0.749. The highest BCUT2D eigenvalue weighted by Crippen LogP contribution is 2.28. The fourth-order valence-corrected chi connectivity index (χ4v) is 2.77. The first-order chi connectivity index (χ1) is 10.2. The molecule has 0 bridgehead atoms. The summed E-state index contributed by atoms with van der Waals surface area (Å²) in [5.74, 6) is 0.829. The van der Waals surface area contributed by atoms with Crippen molar-refractivity contribution >= 4 is 6.03 Å². The first-order valence-electron chi connectivity index (χ1n) is 7.47. The van der Waals surface area contributed by atoms with Crippen LogP contribution in [0, 0.1) is 0 Å². The number of carbonyl (C=O) groups excluding carboxylic acids is 1. The van der Waals surface area contributed by atoms with Crippen molar-refractivity contribution in [1.82, 2.24) is 10.6 Å². The number of rotatable bonds is 6. The summed E-state index contributed by atoms with van der Waals surface area (Å²) in [7, 11) is 1.64. The number of ether oxygens (including phenoxy) is 1. The Morgan fingerprint density at radius 3 is 2.52 bits per heavy atom. The zero-order valence-electron chi connectivity index (χ0n) is 12.5. The lowest BCUT2D eigenvalue weighted by atomic mass is 9.99. The van der Waals surface area contributed by atoms with E-state index in [1.165, 1.54) is 0 Å². The van der Waals surface area contributed by atoms with Gasteiger partial charge in [-0.15, -0.1) is 0 Å². The maximum atomic E-state index is 11.9. The van der Waals surface area contributed by atoms with Gasteiger partial charge in [0.15, 0.2) is 0 Å². The first-order valence-corrected chi connectivity index (χ1v) is 7.47. The van der Waals surface area contributed by atoms with Crippen LogP contribution >= 0.6 is 0 Å². The summed E-state index contributed by atoms with van der Waals surface area (Å²) in [6, 6.07) is 7.61. The summed E-state index contributed by atoms with van der Waals surface area (Å²) in [4.78, 5) is 11.9. The molecule has 1 fully saturated rings. The van der Waals surface area contributed by atoms with Crippen molar-refractivity contribution in [2.45, 2.75) is 37.6 Å². The first kappa shape index (κ1) is 15.6. The fourth-order valence-electron chi connectivity index (χ4n) is 2.77. The van der Waals surface area contributed by atoms with Crippen molar-refractivity contribution in [3.05, 3.63) is 29.8 Å². The van der Waals surface area contributed by atoms with Crippen molar-refractivity contribution in [2.75, 3.05) is 20.3 Å². The number of hydrogen-bond acceptors (Lipinski definition) is 3. The van der Waals surface area contributed by atoms with Gasteiger partial charge < -0.3 is 20.5 Å². The highest BCUT2D eigenvalue weighted by Gasteiger charge is 2.34. The van der Waals surface area contributed by atoms with Gasteiger partial charge in [0.2, 0.25) is 0 Å². The van der Waals surface area contributed by atoms with Crippen molar-refractivity contribution in [1.29, 1.82) is 0 Å². The van der Waals surface area contributed by atoms with Gasteiger partial charge in [-0.1, -0.05) is 25.0 Å². The second-order valence-electron chi connectivity index (χ2n) is 5.62. The third-order valence-electron chi connectivity index (χ3n) is 4.10. The van der Waals surface area contributed by atoms with Crippen LogP contribution in [0.4, 0.5) is 4.79 Å². The average molecular weight is 292 g/mol. The highest BCUT2D eigenvalue weighted by atomic mass is 16.5. The molecule has 1 aliphatic carbocycles. The molecule has 116 valence electrons. The number of urea groups is 1. The van der Waals surface area contributed by atoms with Gasteiger partial charge in [-0.2, -0.15) is 0 Å². The normalized spacial score (nSPS) is 16.5. The standard InChI is InChI=1S/C16H24N2O3/c1-21-14-6-4-13(5-7-14)8-11-17-15(20)18-16(12-19)9-2-3-10-16/h4-7,19H,2-3,8-12H2,1H3,(H2,17,18,20). The molecule has 0 atom stereocenters. The molecule has 1 aromatic rings. The van der Waals surface area contributed by atoms with Crippen molar-refractivity contribution in [2.24, 2.45) is 0 Å². The molecule has 5 nitrogen and oxygen atoms in total. The number of aliphatic hydroxyl groups is 1. The molecule has 2 rings (SSSR count). The lowest BCUT2D eigenvalue weighted by Crippen LogP contribution is -2.53. The van der Waals surface area contributed by atoms with E-state index in [4.69, 9.17) is 4.74 Å². The van der Waals surface area contributed by atoms with Crippen LogP contribution in [0.1, 0.15) is 31.2 Å². The van der Waals surface area contributed by atoms with E-state index in [0.717, 1.165) is 43.4 Å². The largest absolute Gasteiger partial charge is 0.497 e. The van der Waals surface area contributed by atoms with Gasteiger partial charge in [0.05, 0.1) is 19.3 Å². The van der Waals surface area contributed by atoms with E-state index in [1.54, 1.807) is 7.11 Å². The van der Waals surface area contributed by atoms with Crippen LogP contribution < -0.4 is 15.4 Å². The molecule has 2 amide bonds. The molecule has 0 aliphatic heterocycles. The molecular formula is C16H24N2O3. The second-order valence-corrected chi connectivity index (χ2v) is 5.62. The van der Waals surface area contributed by atoms with Crippen molar-refractivity contribution in [3.8, 4) is 5.75 Å². The maximum Gasteiger partial charge on any atom is 0.315 e. The Bertz CT molecular complexity index is 453. The minimum absolute atomic E-state index is 0.0128. The lowest BCUT2D eigenvalue weighted by Gasteiger charge is -2.27. The molecule has 1 saturated carbocycles. The molecule has 0 saturated heterocycles. The minimum atomic E-state index is -0.413. The molecular weight excluding hydrogens is 268 g/mol. The second kappa shape index (κ2) is 7.31. The van der Waals surface area contributed by atoms with Crippen LogP contribution in [0.3, 0.4) is 0 Å². The van der Waals surface area contributed by atoms with Gasteiger partial charge in [-0.3, -0.25) is 0 Å². The molecule has 0 heterocycles. The van der Waals surface area contributed by atoms with Crippen LogP contribution in [0.5, 0.6) is 5.75 Å². The third kappa shape index (κ3) is 4.36. The van der Waals surface area contributed by atoms with E-state index in [2.05, 4.69) is 10.6 Å². The molecule has 0 spiro atoms. The fraction of sp³-hybridized carbons (Fsp3) is 0.562. The Morgan fingerprint density at radius 1 is 1.29 bits per heavy atom. The third-order valence-corrected chi connectivity index (χ3v) is 4.10. The summed E-state index contributed by atoms with van der Waals surface area (Å²) in [6.45, 7) is 0.582. The number of amides is 2. The number of carbonyl (C=O) groups is 1. The molecule has 1 aromatic carbocycles. The molecule has 0 aromatic heterocycles. The Labute approximate surface area is 125 Å². The van der Waals surface area contributed by atoms with Crippen LogP contribution in [0.2, 0.25) is 0 Å². The summed E-state index contributed by atoms with van der Waals surface area (Å²) < 4.78 is 5.11. The van der Waals surface area contributed by atoms with E-state index in [9.17, 15) is 9.90 Å². The van der Waals surface area contributed by atoms with Gasteiger partial charge in [-0.05, 0) is 37.0 Å². The molecule has 5 heteroatoms. The van der Waals surface area contributed by atoms with Gasteiger partial charge in [0, 0.05) is 6.54 Å². The van der Waals surface area contributed by atoms with E-state index in [1.807, 2.05) is 24.3 Å². The van der Waals surface area contributed by atoms with Crippen LogP contribution in [0.25, 0.3) is 0 Å². The van der Waals surface area contributed by atoms with Crippen molar-refractivity contribution < 1.29 is 14.6 Å². The lowest BCUT2D eigenvalue weighted by molar-refractivity contribution is 0.163. The number of aliphatic hydroxyl groups excluding tert-OH is 1. The van der Waals surface area contributed by atoms with Crippen molar-refractivity contribution in [3.63, 3.8) is 0 Å². The van der Waals surface area contributed by atoms with Crippen LogP contribution in [-0.4, -0.2) is 36.9 Å². The van der Waals surface area contributed by atoms with E-state index < -0.39 is 5.54 Å². The Hall–Kier alpha value is -1.75. The monoisotopic (exact) mass is 292 g/mol. The highest BCUT2D eigenvalue weighted by molar-refractivity contribution is 5.74. The predicted octanol–water partition coefficient (Wildman–Crippen LogP) is 1.84. The number of hydrogen-bond donors (Lipinski definition) is 3. The summed E-state index contributed by atoms with van der Waals surface area (Å²) in [6.07, 6.45) is 4.60. The number of methoxy groups -OCH3 is 1. The molecule has 0 unspecified atom stereocenters. The summed E-state index contributed by atoms with van der Waals surface area (Å²) >= 11 is 0. The molecule has 0 radical (unpaired) electrons. The topological polar surface area (TPSA) is 70.6 Å². The Balaban J connectivity index is 1.73. The van der Waals surface area contributed by atoms with E-state index >= 15 is 0 Å². The Morgan fingerprint density at radius 2 is 1.95 bits per heavy atom. The van der Waals surface area contributed by atoms with Gasteiger partial charge in [0.25, 0.3) is 0 Å². The van der Waals surface area contributed by atoms with Crippen LogP contribution in [-0.2, 0) is 6.42 Å². The predicted molar refractivity (Wildman–Crippen MR) is 81.5 cm³/mol. The van der Waals surface area contributed by atoms with E-state index in [-0.39, 0.29) is 12.6 Å². The van der Waals surface area contributed by atoms with Gasteiger partial charge >= 0.3 is 6.03 Å². The van der Waals surface area contributed by atoms with Gasteiger partial charge in [0.1, 0.15) is 5.75 Å². The molecule has 1 aliphatic rings.